The number of epoxide rings is 1. The monoisotopic (exact) mass is 697 g/mol. The summed E-state index contributed by atoms with van der Waals surface area (Å²) in [6.07, 6.45) is 5.01. The Morgan fingerprint density at radius 2 is 1.59 bits per heavy atom. The van der Waals surface area contributed by atoms with Gasteiger partial charge in [0.15, 0.2) is 13.9 Å². The second-order valence-corrected chi connectivity index (χ2v) is 26.4. The number of allylic oxidation sites excluding steroid dienone is 2. The van der Waals surface area contributed by atoms with Crippen molar-refractivity contribution in [3.8, 4) is 34.8 Å². The van der Waals surface area contributed by atoms with Crippen LogP contribution in [0.3, 0.4) is 0 Å². The Balaban J connectivity index is 1.69. The molecule has 0 aromatic heterocycles. The molecule has 1 amide bonds. The Morgan fingerprint density at radius 1 is 0.918 bits per heavy atom. The number of hydrogen-bond donors (Lipinski definition) is 0. The number of hydrogen-bond acceptors (Lipinski definition) is 6. The minimum Gasteiger partial charge on any atom is -0.426 e. The molecular weight excluding hydrogens is 647 g/mol. The van der Waals surface area contributed by atoms with Gasteiger partial charge in [-0.3, -0.25) is 9.69 Å². The molecule has 9 heteroatoms. The molecule has 49 heavy (non-hydrogen) atoms. The van der Waals surface area contributed by atoms with Gasteiger partial charge in [0.25, 0.3) is 0 Å². The normalized spacial score (nSPS) is 24.7. The van der Waals surface area contributed by atoms with E-state index in [1.165, 1.54) is 0 Å². The van der Waals surface area contributed by atoms with Gasteiger partial charge >= 0.3 is 12.1 Å². The van der Waals surface area contributed by atoms with Gasteiger partial charge in [-0.2, -0.15) is 0 Å². The van der Waals surface area contributed by atoms with Crippen LogP contribution < -0.4 is 14.4 Å². The Bertz CT molecular complexity index is 1760. The summed E-state index contributed by atoms with van der Waals surface area (Å²) in [7, 11) is -3.80. The third-order valence-corrected chi connectivity index (χ3v) is 15.2. The van der Waals surface area contributed by atoms with Crippen molar-refractivity contribution in [3.63, 3.8) is 0 Å². The molecule has 1 unspecified atom stereocenters. The van der Waals surface area contributed by atoms with E-state index in [2.05, 4.69) is 76.8 Å². The van der Waals surface area contributed by atoms with Crippen molar-refractivity contribution in [1.29, 1.82) is 0 Å². The molecule has 4 atom stereocenters. The molecular formula is C40H51NO6Si2. The smallest absolute Gasteiger partial charge is 0.420 e. The number of para-hydroxylation sites is 1. The maximum absolute atomic E-state index is 14.4. The largest absolute Gasteiger partial charge is 0.426 e. The SMILES string of the molecule is CC(C)(C)C(=O)Oc1ccc2c(c1)N(C(=O)Oc1ccccc1)[C@@H](C#C/C=C\C#C[Si](C)(C)C)[C@@]13CCCC(O[Si](C)(C)C(C)(C)C)[C@@]21O3. The summed E-state index contributed by atoms with van der Waals surface area (Å²) in [4.78, 5) is 29.0. The quantitative estimate of drug-likeness (QED) is 0.104. The summed E-state index contributed by atoms with van der Waals surface area (Å²) in [6.45, 7) is 23.2. The van der Waals surface area contributed by atoms with E-state index in [0.29, 0.717) is 23.6 Å². The van der Waals surface area contributed by atoms with Gasteiger partial charge in [0, 0.05) is 11.6 Å². The number of fused-ring (bicyclic) bond motifs is 1. The number of anilines is 1. The van der Waals surface area contributed by atoms with Gasteiger partial charge in [-0.25, -0.2) is 4.79 Å². The molecule has 0 bridgehead atoms. The van der Waals surface area contributed by atoms with Crippen LogP contribution >= 0.6 is 0 Å². The van der Waals surface area contributed by atoms with Crippen LogP contribution in [0.2, 0.25) is 37.8 Å². The third-order valence-electron chi connectivity index (χ3n) is 9.86. The molecule has 2 aliphatic heterocycles. The molecule has 260 valence electrons. The average molecular weight is 698 g/mol. The maximum atomic E-state index is 14.4. The van der Waals surface area contributed by atoms with Crippen LogP contribution in [-0.2, 0) is 19.6 Å². The zero-order valence-electron chi connectivity index (χ0n) is 30.9. The van der Waals surface area contributed by atoms with Crippen LogP contribution in [0.4, 0.5) is 10.5 Å². The van der Waals surface area contributed by atoms with E-state index in [1.807, 2.05) is 24.3 Å². The molecule has 2 aromatic carbocycles. The minimum atomic E-state index is -2.25. The standard InChI is InChI=1S/C40H51NO6Si2/c1-37(2,3)35(42)44-30-24-25-31-32(28-30)41(36(43)45-29-20-15-14-16-21-29)33(22-17-12-13-18-27-48(7,8)9)39-26-19-23-34(40(31,39)47-39)46-49(10,11)38(4,5)6/h12-16,20-21,24-25,28,33-34H,19,23,26H2,1-11H3/b13-12-/t33-,34?,39-,40-/m0/s1. The first-order valence-electron chi connectivity index (χ1n) is 17.2. The van der Waals surface area contributed by atoms with Gasteiger partial charge in [-0.15, -0.1) is 5.54 Å². The zero-order chi connectivity index (χ0) is 36.0. The molecule has 2 aromatic rings. The van der Waals surface area contributed by atoms with Crippen LogP contribution in [-0.4, -0.2) is 46.2 Å². The number of benzene rings is 2. The van der Waals surface area contributed by atoms with E-state index in [1.54, 1.807) is 62.1 Å². The van der Waals surface area contributed by atoms with Gasteiger partial charge in [-0.05, 0) is 88.5 Å². The van der Waals surface area contributed by atoms with Gasteiger partial charge in [0.05, 0.1) is 17.2 Å². The lowest BCUT2D eigenvalue weighted by molar-refractivity contribution is -0.143. The summed E-state index contributed by atoms with van der Waals surface area (Å²) in [5.41, 5.74) is 2.28. The topological polar surface area (TPSA) is 77.6 Å². The molecule has 1 saturated heterocycles. The van der Waals surface area contributed by atoms with Crippen molar-refractivity contribution >= 4 is 34.1 Å². The summed E-state index contributed by atoms with van der Waals surface area (Å²) in [6, 6.07) is 13.7. The summed E-state index contributed by atoms with van der Waals surface area (Å²) in [5.74, 6) is 10.1. The molecule has 5 rings (SSSR count). The highest BCUT2D eigenvalue weighted by molar-refractivity contribution is 6.83. The van der Waals surface area contributed by atoms with Crippen molar-refractivity contribution in [2.45, 2.75) is 122 Å². The molecule has 0 N–H and O–H groups in total. The molecule has 2 fully saturated rings. The lowest BCUT2D eigenvalue weighted by Gasteiger charge is -2.47. The Kier molecular flexibility index (Phi) is 9.68. The fourth-order valence-corrected chi connectivity index (χ4v) is 8.17. The van der Waals surface area contributed by atoms with Crippen LogP contribution in [0.25, 0.3) is 0 Å². The number of amides is 1. The van der Waals surface area contributed by atoms with Gasteiger partial charge < -0.3 is 18.6 Å². The van der Waals surface area contributed by atoms with Gasteiger partial charge in [0.2, 0.25) is 0 Å². The first kappa shape index (κ1) is 36.7. The lowest BCUT2D eigenvalue weighted by atomic mass is 9.67. The highest BCUT2D eigenvalue weighted by Gasteiger charge is 2.82. The maximum Gasteiger partial charge on any atom is 0.420 e. The predicted octanol–water partition coefficient (Wildman–Crippen LogP) is 9.00. The Hall–Kier alpha value is -3.61. The minimum absolute atomic E-state index is 0.0202. The number of carbonyl (C=O) groups is 2. The second-order valence-electron chi connectivity index (χ2n) is 16.9. The summed E-state index contributed by atoms with van der Waals surface area (Å²) in [5, 5.41) is -0.0202. The van der Waals surface area contributed by atoms with Gasteiger partial charge in [0.1, 0.15) is 31.2 Å². The number of esters is 1. The van der Waals surface area contributed by atoms with Crippen LogP contribution in [0.1, 0.15) is 66.4 Å². The van der Waals surface area contributed by atoms with Crippen LogP contribution in [0.5, 0.6) is 11.5 Å². The third kappa shape index (κ3) is 7.18. The number of nitrogens with zero attached hydrogens (tertiary/aromatic N) is 1. The number of rotatable bonds is 4. The first-order chi connectivity index (χ1) is 22.7. The van der Waals surface area contributed by atoms with E-state index in [0.717, 1.165) is 18.4 Å². The molecule has 3 aliphatic rings. The highest BCUT2D eigenvalue weighted by atomic mass is 28.4. The second kappa shape index (κ2) is 12.9. The fourth-order valence-electron chi connectivity index (χ4n) is 6.30. The molecule has 0 spiro atoms. The molecule has 1 aliphatic carbocycles. The van der Waals surface area contributed by atoms with Crippen molar-refractivity contribution in [1.82, 2.24) is 0 Å². The molecule has 0 radical (unpaired) electrons. The Morgan fingerprint density at radius 3 is 2.22 bits per heavy atom. The van der Waals surface area contributed by atoms with Crippen molar-refractivity contribution in [2.24, 2.45) is 5.41 Å². The zero-order valence-corrected chi connectivity index (χ0v) is 32.9. The van der Waals surface area contributed by atoms with E-state index in [-0.39, 0.29) is 17.1 Å². The van der Waals surface area contributed by atoms with Crippen LogP contribution in [0, 0.1) is 28.7 Å². The summed E-state index contributed by atoms with van der Waals surface area (Å²) >= 11 is 0. The van der Waals surface area contributed by atoms with Crippen molar-refractivity contribution < 1.29 is 28.2 Å². The first-order valence-corrected chi connectivity index (χ1v) is 23.6. The summed E-state index contributed by atoms with van der Waals surface area (Å²) < 4.78 is 26.1. The van der Waals surface area contributed by atoms with Crippen molar-refractivity contribution in [2.75, 3.05) is 4.90 Å². The van der Waals surface area contributed by atoms with E-state index >= 15 is 0 Å². The lowest BCUT2D eigenvalue weighted by Crippen LogP contribution is -2.60. The molecule has 2 heterocycles. The van der Waals surface area contributed by atoms with E-state index in [9.17, 15) is 9.59 Å². The molecule has 1 saturated carbocycles. The van der Waals surface area contributed by atoms with E-state index < -0.39 is 45.1 Å². The van der Waals surface area contributed by atoms with E-state index in [4.69, 9.17) is 18.6 Å². The molecule has 7 nitrogen and oxygen atoms in total. The van der Waals surface area contributed by atoms with Gasteiger partial charge in [-0.1, -0.05) is 82.4 Å². The van der Waals surface area contributed by atoms with Crippen LogP contribution in [0.15, 0.2) is 60.7 Å². The number of carbonyl (C=O) groups excluding carboxylic acids is 2. The number of ether oxygens (including phenoxy) is 3. The van der Waals surface area contributed by atoms with Crippen molar-refractivity contribution in [3.05, 3.63) is 66.2 Å². The predicted molar refractivity (Wildman–Crippen MR) is 200 cm³/mol. The Labute approximate surface area is 294 Å². The average Bonchev–Trinajstić information content (AvgIpc) is 3.70. The highest BCUT2D eigenvalue weighted by Crippen LogP contribution is 2.71. The fraction of sp³-hybridized carbons (Fsp3) is 0.500.